The molecule has 0 aliphatic heterocycles. The molecule has 0 fully saturated rings. The van der Waals surface area contributed by atoms with Crippen LogP contribution in [0.1, 0.15) is 61.3 Å². The van der Waals surface area contributed by atoms with E-state index in [1.54, 1.807) is 48.5 Å². The second-order valence-corrected chi connectivity index (χ2v) is 11.6. The standard InChI is InChI=1S/C17H37NO8P2/c1-8-22-27(20,23-9-2)15(28(21,24-10-3)25-11-4)13-12-14-18-16(19)26-17(5,6)7/h15H,8-14H2,1-7H3,(H,18,19). The van der Waals surface area contributed by atoms with Gasteiger partial charge in [0, 0.05) is 6.54 Å². The third-order valence-electron chi connectivity index (χ3n) is 3.27. The van der Waals surface area contributed by atoms with E-state index in [4.69, 9.17) is 22.8 Å². The molecule has 0 unspecified atom stereocenters. The van der Waals surface area contributed by atoms with Crippen LogP contribution in [0.2, 0.25) is 0 Å². The van der Waals surface area contributed by atoms with Crippen molar-refractivity contribution in [3.05, 3.63) is 0 Å². The Bertz CT molecular complexity index is 500. The fourth-order valence-corrected chi connectivity index (χ4v) is 7.88. The van der Waals surface area contributed by atoms with Gasteiger partial charge in [0.15, 0.2) is 5.40 Å². The van der Waals surface area contributed by atoms with Crippen LogP contribution in [0.5, 0.6) is 0 Å². The zero-order chi connectivity index (χ0) is 21.8. The molecule has 0 aliphatic carbocycles. The first-order chi connectivity index (χ1) is 13.0. The molecule has 11 heteroatoms. The lowest BCUT2D eigenvalue weighted by Crippen LogP contribution is -2.33. The zero-order valence-electron chi connectivity index (χ0n) is 18.2. The molecule has 1 N–H and O–H groups in total. The van der Waals surface area contributed by atoms with E-state index in [0.29, 0.717) is 6.42 Å². The predicted molar refractivity (Wildman–Crippen MR) is 109 cm³/mol. The van der Waals surface area contributed by atoms with Gasteiger partial charge in [0.05, 0.1) is 26.4 Å². The van der Waals surface area contributed by atoms with Crippen LogP contribution in [0.3, 0.4) is 0 Å². The van der Waals surface area contributed by atoms with Crippen molar-refractivity contribution < 1.29 is 36.8 Å². The Balaban J connectivity index is 5.31. The van der Waals surface area contributed by atoms with Gasteiger partial charge in [-0.1, -0.05) is 0 Å². The van der Waals surface area contributed by atoms with Crippen molar-refractivity contribution in [2.45, 2.75) is 72.3 Å². The van der Waals surface area contributed by atoms with Crippen LogP contribution in [0.4, 0.5) is 4.79 Å². The van der Waals surface area contributed by atoms with Crippen molar-refractivity contribution in [3.8, 4) is 0 Å². The fraction of sp³-hybridized carbons (Fsp3) is 0.941. The Morgan fingerprint density at radius 1 is 0.857 bits per heavy atom. The maximum Gasteiger partial charge on any atom is 0.407 e. The lowest BCUT2D eigenvalue weighted by molar-refractivity contribution is 0.0527. The van der Waals surface area contributed by atoms with E-state index >= 15 is 0 Å². The lowest BCUT2D eigenvalue weighted by Gasteiger charge is -2.31. The first-order valence-electron chi connectivity index (χ1n) is 9.72. The van der Waals surface area contributed by atoms with Crippen molar-refractivity contribution in [2.75, 3.05) is 33.0 Å². The Morgan fingerprint density at radius 3 is 1.57 bits per heavy atom. The molecule has 28 heavy (non-hydrogen) atoms. The van der Waals surface area contributed by atoms with Crippen molar-refractivity contribution >= 4 is 21.3 Å². The lowest BCUT2D eigenvalue weighted by atomic mass is 10.2. The maximum atomic E-state index is 13.3. The molecule has 0 bridgehead atoms. The molecule has 0 saturated carbocycles. The number of hydrogen-bond donors (Lipinski definition) is 1. The smallest absolute Gasteiger partial charge is 0.407 e. The molecule has 0 atom stereocenters. The number of nitrogens with one attached hydrogen (secondary N) is 1. The van der Waals surface area contributed by atoms with Gasteiger partial charge in [0.25, 0.3) is 0 Å². The topological polar surface area (TPSA) is 109 Å². The van der Waals surface area contributed by atoms with Gasteiger partial charge in [-0.05, 0) is 61.3 Å². The molecule has 0 aromatic carbocycles. The molecular weight excluding hydrogens is 408 g/mol. The molecule has 168 valence electrons. The van der Waals surface area contributed by atoms with E-state index in [1.807, 2.05) is 0 Å². The minimum atomic E-state index is -3.76. The number of carbonyl (C=O) groups excluding carboxylic acids is 1. The summed E-state index contributed by atoms with van der Waals surface area (Å²) < 4.78 is 53.5. The SMILES string of the molecule is CCOP(=O)(OCC)C(CCCNC(=O)OC(C)(C)C)P(=O)(OCC)OCC. The number of hydrogen-bond acceptors (Lipinski definition) is 8. The van der Waals surface area contributed by atoms with Crippen LogP contribution in [0.25, 0.3) is 0 Å². The third kappa shape index (κ3) is 9.86. The summed E-state index contributed by atoms with van der Waals surface area (Å²) in [7, 11) is -7.53. The van der Waals surface area contributed by atoms with Gasteiger partial charge in [-0.2, -0.15) is 0 Å². The monoisotopic (exact) mass is 445 g/mol. The number of rotatable bonds is 14. The maximum absolute atomic E-state index is 13.3. The highest BCUT2D eigenvalue weighted by Crippen LogP contribution is 2.71. The zero-order valence-corrected chi connectivity index (χ0v) is 20.0. The van der Waals surface area contributed by atoms with E-state index in [2.05, 4.69) is 5.32 Å². The molecule has 0 aromatic rings. The second kappa shape index (κ2) is 13.0. The average Bonchev–Trinajstić information content (AvgIpc) is 2.53. The molecule has 0 aromatic heterocycles. The molecule has 0 rings (SSSR count). The van der Waals surface area contributed by atoms with Gasteiger partial charge in [-0.3, -0.25) is 9.13 Å². The Labute approximate surface area is 169 Å². The first-order valence-corrected chi connectivity index (χ1v) is 12.9. The van der Waals surface area contributed by atoms with Crippen molar-refractivity contribution in [3.63, 3.8) is 0 Å². The first kappa shape index (κ1) is 27.6. The number of ether oxygens (including phenoxy) is 1. The second-order valence-electron chi connectivity index (χ2n) is 6.80. The molecular formula is C17H37NO8P2. The van der Waals surface area contributed by atoms with Gasteiger partial charge in [0.1, 0.15) is 5.60 Å². The fourth-order valence-electron chi connectivity index (χ4n) is 2.42. The van der Waals surface area contributed by atoms with Gasteiger partial charge in [0.2, 0.25) is 0 Å². The van der Waals surface area contributed by atoms with Crippen LogP contribution in [0, 0.1) is 0 Å². The van der Waals surface area contributed by atoms with Crippen LogP contribution >= 0.6 is 15.2 Å². The Hall–Kier alpha value is -0.430. The third-order valence-corrected chi connectivity index (χ3v) is 9.42. The van der Waals surface area contributed by atoms with Crippen LogP contribution in [-0.4, -0.2) is 50.1 Å². The van der Waals surface area contributed by atoms with E-state index in [0.717, 1.165) is 0 Å². The van der Waals surface area contributed by atoms with E-state index in [1.165, 1.54) is 0 Å². The summed E-state index contributed by atoms with van der Waals surface area (Å²) in [5.41, 5.74) is -0.605. The predicted octanol–water partition coefficient (Wildman–Crippen LogP) is 5.15. The highest BCUT2D eigenvalue weighted by Gasteiger charge is 2.50. The van der Waals surface area contributed by atoms with Crippen LogP contribution in [0.15, 0.2) is 0 Å². The summed E-state index contributed by atoms with van der Waals surface area (Å²) in [6.07, 6.45) is -0.0395. The summed E-state index contributed by atoms with van der Waals surface area (Å²) >= 11 is 0. The molecule has 9 nitrogen and oxygen atoms in total. The minimum absolute atomic E-state index is 0.127. The number of amides is 1. The molecule has 0 radical (unpaired) electrons. The summed E-state index contributed by atoms with van der Waals surface area (Å²) in [6.45, 7) is 12.8. The summed E-state index contributed by atoms with van der Waals surface area (Å²) in [5.74, 6) is 0. The molecule has 0 aliphatic rings. The summed E-state index contributed by atoms with van der Waals surface area (Å²) in [6, 6.07) is 0. The molecule has 0 heterocycles. The van der Waals surface area contributed by atoms with Crippen molar-refractivity contribution in [1.29, 1.82) is 0 Å². The number of carbonyl (C=O) groups is 1. The normalized spacial score (nSPS) is 13.0. The Morgan fingerprint density at radius 2 is 1.25 bits per heavy atom. The molecule has 0 saturated heterocycles. The largest absolute Gasteiger partial charge is 0.444 e. The highest BCUT2D eigenvalue weighted by molar-refractivity contribution is 7.72. The van der Waals surface area contributed by atoms with Crippen LogP contribution < -0.4 is 5.32 Å². The van der Waals surface area contributed by atoms with E-state index in [-0.39, 0.29) is 39.4 Å². The number of alkyl carbamates (subject to hydrolysis) is 1. The van der Waals surface area contributed by atoms with E-state index in [9.17, 15) is 13.9 Å². The molecule has 1 amide bonds. The van der Waals surface area contributed by atoms with Gasteiger partial charge in [-0.15, -0.1) is 0 Å². The minimum Gasteiger partial charge on any atom is -0.444 e. The summed E-state index contributed by atoms with van der Waals surface area (Å²) in [4.78, 5) is 11.8. The Kier molecular flexibility index (Phi) is 12.8. The molecule has 0 spiro atoms. The van der Waals surface area contributed by atoms with Gasteiger partial charge < -0.3 is 28.1 Å². The van der Waals surface area contributed by atoms with Gasteiger partial charge in [-0.25, -0.2) is 4.79 Å². The quantitative estimate of drug-likeness (QED) is 0.289. The van der Waals surface area contributed by atoms with Crippen LogP contribution in [-0.2, 0) is 32.0 Å². The average molecular weight is 445 g/mol. The van der Waals surface area contributed by atoms with Gasteiger partial charge >= 0.3 is 21.3 Å². The summed E-state index contributed by atoms with van der Waals surface area (Å²) in [5, 5.41) is 1.54. The van der Waals surface area contributed by atoms with E-state index < -0.39 is 32.3 Å². The highest BCUT2D eigenvalue weighted by atomic mass is 31.2. The van der Waals surface area contributed by atoms with Crippen molar-refractivity contribution in [1.82, 2.24) is 5.32 Å². The van der Waals surface area contributed by atoms with Crippen molar-refractivity contribution in [2.24, 2.45) is 0 Å².